The molecule has 0 fully saturated rings. The monoisotopic (exact) mass is 127 g/mol. The van der Waals surface area contributed by atoms with Gasteiger partial charge in [-0.1, -0.05) is 0 Å². The zero-order valence-electron chi connectivity index (χ0n) is 5.23. The summed E-state index contributed by atoms with van der Waals surface area (Å²) >= 11 is 0. The van der Waals surface area contributed by atoms with Crippen LogP contribution in [0, 0.1) is 0 Å². The summed E-state index contributed by atoms with van der Waals surface area (Å²) in [6, 6.07) is 0.0833. The first kappa shape index (κ1) is 6.22. The SMILES string of the molecule is CC(CO)n1cnnc1. The number of hydrogen-bond donors (Lipinski definition) is 1. The molecule has 1 N–H and O–H groups in total. The average molecular weight is 127 g/mol. The predicted octanol–water partition coefficient (Wildman–Crippen LogP) is -0.169. The van der Waals surface area contributed by atoms with Crippen LogP contribution in [0.2, 0.25) is 0 Å². The summed E-state index contributed by atoms with van der Waals surface area (Å²) in [5.41, 5.74) is 0. The molecule has 50 valence electrons. The molecule has 9 heavy (non-hydrogen) atoms. The van der Waals surface area contributed by atoms with Crippen LogP contribution in [0.1, 0.15) is 13.0 Å². The van der Waals surface area contributed by atoms with Crippen molar-refractivity contribution in [2.75, 3.05) is 6.61 Å². The highest BCUT2D eigenvalue weighted by atomic mass is 16.3. The third-order valence-corrected chi connectivity index (χ3v) is 1.21. The molecular formula is C5H9N3O. The van der Waals surface area contributed by atoms with Crippen LogP contribution in [-0.2, 0) is 0 Å². The van der Waals surface area contributed by atoms with Gasteiger partial charge in [0, 0.05) is 0 Å². The first-order chi connectivity index (χ1) is 4.34. The lowest BCUT2D eigenvalue weighted by atomic mass is 10.4. The second-order valence-electron chi connectivity index (χ2n) is 1.94. The van der Waals surface area contributed by atoms with E-state index in [0.29, 0.717) is 0 Å². The quantitative estimate of drug-likeness (QED) is 0.600. The number of aliphatic hydroxyl groups is 1. The molecule has 0 saturated heterocycles. The van der Waals surface area contributed by atoms with E-state index in [2.05, 4.69) is 10.2 Å². The van der Waals surface area contributed by atoms with Crippen LogP contribution in [0.25, 0.3) is 0 Å². The number of rotatable bonds is 2. The van der Waals surface area contributed by atoms with Gasteiger partial charge in [-0.05, 0) is 6.92 Å². The molecule has 0 aliphatic rings. The van der Waals surface area contributed by atoms with E-state index in [1.165, 1.54) is 0 Å². The first-order valence-corrected chi connectivity index (χ1v) is 2.79. The van der Waals surface area contributed by atoms with Gasteiger partial charge in [0.15, 0.2) is 0 Å². The number of aliphatic hydroxyl groups excluding tert-OH is 1. The maximum Gasteiger partial charge on any atom is 0.119 e. The standard InChI is InChI=1S/C5H9N3O/c1-5(2-9)8-3-6-7-4-8/h3-5,9H,2H2,1H3. The van der Waals surface area contributed by atoms with Gasteiger partial charge in [-0.15, -0.1) is 10.2 Å². The summed E-state index contributed by atoms with van der Waals surface area (Å²) in [6.07, 6.45) is 3.17. The summed E-state index contributed by atoms with van der Waals surface area (Å²) in [7, 11) is 0. The van der Waals surface area contributed by atoms with Gasteiger partial charge in [0.1, 0.15) is 12.7 Å². The Hall–Kier alpha value is -0.900. The van der Waals surface area contributed by atoms with E-state index in [1.54, 1.807) is 17.2 Å². The Kier molecular flexibility index (Phi) is 1.79. The number of hydrogen-bond acceptors (Lipinski definition) is 3. The van der Waals surface area contributed by atoms with Crippen molar-refractivity contribution in [3.05, 3.63) is 12.7 Å². The van der Waals surface area contributed by atoms with Crippen molar-refractivity contribution >= 4 is 0 Å². The molecule has 0 radical (unpaired) electrons. The fourth-order valence-electron chi connectivity index (χ4n) is 0.531. The molecular weight excluding hydrogens is 118 g/mol. The van der Waals surface area contributed by atoms with Crippen LogP contribution in [0.15, 0.2) is 12.7 Å². The molecule has 1 rings (SSSR count). The third kappa shape index (κ3) is 1.26. The minimum Gasteiger partial charge on any atom is -0.394 e. The first-order valence-electron chi connectivity index (χ1n) is 2.79. The van der Waals surface area contributed by atoms with Crippen molar-refractivity contribution in [2.24, 2.45) is 0 Å². The van der Waals surface area contributed by atoms with Crippen molar-refractivity contribution in [3.63, 3.8) is 0 Å². The van der Waals surface area contributed by atoms with E-state index in [4.69, 9.17) is 5.11 Å². The zero-order chi connectivity index (χ0) is 6.69. The molecule has 0 spiro atoms. The van der Waals surface area contributed by atoms with E-state index in [-0.39, 0.29) is 12.6 Å². The van der Waals surface area contributed by atoms with Crippen LogP contribution in [-0.4, -0.2) is 26.5 Å². The zero-order valence-corrected chi connectivity index (χ0v) is 5.23. The van der Waals surface area contributed by atoms with E-state index < -0.39 is 0 Å². The van der Waals surface area contributed by atoms with Crippen LogP contribution in [0.5, 0.6) is 0 Å². The predicted molar refractivity (Wildman–Crippen MR) is 31.8 cm³/mol. The molecule has 1 unspecified atom stereocenters. The minimum absolute atomic E-state index is 0.0833. The molecule has 1 aromatic heterocycles. The van der Waals surface area contributed by atoms with Gasteiger partial charge >= 0.3 is 0 Å². The van der Waals surface area contributed by atoms with E-state index in [0.717, 1.165) is 0 Å². The number of aromatic nitrogens is 3. The molecule has 0 aliphatic heterocycles. The Morgan fingerprint density at radius 1 is 1.56 bits per heavy atom. The summed E-state index contributed by atoms with van der Waals surface area (Å²) in [5, 5.41) is 15.8. The molecule has 0 aromatic carbocycles. The van der Waals surface area contributed by atoms with Crippen molar-refractivity contribution in [1.82, 2.24) is 14.8 Å². The highest BCUT2D eigenvalue weighted by Crippen LogP contribution is 1.99. The normalized spacial score (nSPS) is 13.6. The Morgan fingerprint density at radius 2 is 2.11 bits per heavy atom. The van der Waals surface area contributed by atoms with Crippen molar-refractivity contribution < 1.29 is 5.11 Å². The van der Waals surface area contributed by atoms with E-state index >= 15 is 0 Å². The second-order valence-corrected chi connectivity index (χ2v) is 1.94. The molecule has 0 aliphatic carbocycles. The highest BCUT2D eigenvalue weighted by molar-refractivity contribution is 4.67. The highest BCUT2D eigenvalue weighted by Gasteiger charge is 1.99. The van der Waals surface area contributed by atoms with Crippen LogP contribution >= 0.6 is 0 Å². The molecule has 0 bridgehead atoms. The lowest BCUT2D eigenvalue weighted by Gasteiger charge is -2.05. The summed E-state index contributed by atoms with van der Waals surface area (Å²) in [5.74, 6) is 0. The van der Waals surface area contributed by atoms with Gasteiger partial charge in [-0.3, -0.25) is 0 Å². The van der Waals surface area contributed by atoms with Crippen molar-refractivity contribution in [2.45, 2.75) is 13.0 Å². The fourth-order valence-corrected chi connectivity index (χ4v) is 0.531. The van der Waals surface area contributed by atoms with Gasteiger partial charge in [0.05, 0.1) is 12.6 Å². The van der Waals surface area contributed by atoms with Crippen molar-refractivity contribution in [3.8, 4) is 0 Å². The van der Waals surface area contributed by atoms with Gasteiger partial charge in [-0.25, -0.2) is 0 Å². The Morgan fingerprint density at radius 3 is 2.56 bits per heavy atom. The third-order valence-electron chi connectivity index (χ3n) is 1.21. The average Bonchev–Trinajstić information content (AvgIpc) is 2.37. The van der Waals surface area contributed by atoms with Gasteiger partial charge in [0.25, 0.3) is 0 Å². The fraction of sp³-hybridized carbons (Fsp3) is 0.600. The molecule has 0 amide bonds. The van der Waals surface area contributed by atoms with E-state index in [1.807, 2.05) is 6.92 Å². The molecule has 4 nitrogen and oxygen atoms in total. The van der Waals surface area contributed by atoms with E-state index in [9.17, 15) is 0 Å². The molecule has 1 heterocycles. The smallest absolute Gasteiger partial charge is 0.119 e. The summed E-state index contributed by atoms with van der Waals surface area (Å²) in [4.78, 5) is 0. The largest absolute Gasteiger partial charge is 0.394 e. The topological polar surface area (TPSA) is 50.9 Å². The molecule has 0 saturated carbocycles. The number of nitrogens with zero attached hydrogens (tertiary/aromatic N) is 3. The Bertz CT molecular complexity index is 161. The van der Waals surface area contributed by atoms with Gasteiger partial charge in [0.2, 0.25) is 0 Å². The summed E-state index contributed by atoms with van der Waals surface area (Å²) < 4.78 is 1.75. The molecule has 4 heteroatoms. The lowest BCUT2D eigenvalue weighted by Crippen LogP contribution is -2.06. The molecule has 1 aromatic rings. The maximum atomic E-state index is 8.63. The van der Waals surface area contributed by atoms with Crippen molar-refractivity contribution in [1.29, 1.82) is 0 Å². The second kappa shape index (κ2) is 2.59. The Labute approximate surface area is 53.1 Å². The van der Waals surface area contributed by atoms with Gasteiger partial charge in [-0.2, -0.15) is 0 Å². The van der Waals surface area contributed by atoms with Crippen LogP contribution in [0.4, 0.5) is 0 Å². The minimum atomic E-state index is 0.0833. The Balaban J connectivity index is 2.65. The van der Waals surface area contributed by atoms with Gasteiger partial charge < -0.3 is 9.67 Å². The van der Waals surface area contributed by atoms with Crippen LogP contribution in [0.3, 0.4) is 0 Å². The van der Waals surface area contributed by atoms with Crippen LogP contribution < -0.4 is 0 Å². The lowest BCUT2D eigenvalue weighted by molar-refractivity contribution is 0.238. The maximum absolute atomic E-state index is 8.63. The molecule has 1 atom stereocenters. The summed E-state index contributed by atoms with van der Waals surface area (Å²) in [6.45, 7) is 2.02.